The Labute approximate surface area is 324 Å². The zero-order chi connectivity index (χ0) is 38.3. The number of aromatic amines is 1. The molecule has 0 radical (unpaired) electrons. The second kappa shape index (κ2) is 22.2. The third-order valence-corrected chi connectivity index (χ3v) is 6.78. The minimum atomic E-state index is -0.0453. The number of nitrogens with two attached hydrogens (primary N) is 1. The van der Waals surface area contributed by atoms with E-state index >= 15 is 0 Å². The highest BCUT2D eigenvalue weighted by molar-refractivity contribution is 7.98. The first-order valence-corrected chi connectivity index (χ1v) is 16.1. The zero-order valence-electron chi connectivity index (χ0n) is 29.1. The van der Waals surface area contributed by atoms with E-state index in [1.165, 1.54) is 0 Å². The van der Waals surface area contributed by atoms with Gasteiger partial charge in [0.05, 0.1) is 27.6 Å². The van der Waals surface area contributed by atoms with Gasteiger partial charge in [0.1, 0.15) is 5.76 Å². The maximum absolute atomic E-state index is 9.61. The number of thioether (sulfide) groups is 1. The molecule has 0 fully saturated rings. The molecular weight excluding hydrogens is 693 g/mol. The highest BCUT2D eigenvalue weighted by Gasteiger charge is 2.20. The van der Waals surface area contributed by atoms with Crippen LogP contribution < -0.4 is 11.4 Å². The summed E-state index contributed by atoms with van der Waals surface area (Å²) in [5.41, 5.74) is 11.0. The molecule has 0 aliphatic heterocycles. The van der Waals surface area contributed by atoms with E-state index in [2.05, 4.69) is 164 Å². The Morgan fingerprint density at radius 1 is 0.942 bits per heavy atom. The van der Waals surface area contributed by atoms with Gasteiger partial charge >= 0.3 is 0 Å². The van der Waals surface area contributed by atoms with Gasteiger partial charge in [-0.3, -0.25) is 10.5 Å². The highest BCUT2D eigenvalue weighted by atomic mass is 32.2. The maximum atomic E-state index is 9.61. The van der Waals surface area contributed by atoms with Crippen molar-refractivity contribution >= 4 is 35.6 Å². The number of aryl methyl sites for hydroxylation is 4. The lowest BCUT2D eigenvalue weighted by atomic mass is 9.95. The molecule has 4 rings (SSSR count). The van der Waals surface area contributed by atoms with Crippen LogP contribution in [0.25, 0.3) is 33.3 Å². The number of hydrogen-bond donors (Lipinski definition) is 3. The monoisotopic (exact) mass is 736 g/mol. The smallest absolute Gasteiger partial charge is 0.191 e. The van der Waals surface area contributed by atoms with Crippen molar-refractivity contribution in [2.45, 2.75) is 39.8 Å². The molecular formula is C38H44N10O2S2. The van der Waals surface area contributed by atoms with Crippen molar-refractivity contribution in [3.8, 4) is 129 Å². The maximum Gasteiger partial charge on any atom is 0.191 e. The van der Waals surface area contributed by atoms with Crippen LogP contribution >= 0.6 is 11.8 Å². The number of aromatic nitrogens is 5. The van der Waals surface area contributed by atoms with Gasteiger partial charge in [0.15, 0.2) is 10.4 Å². The van der Waals surface area contributed by atoms with Gasteiger partial charge in [-0.2, -0.15) is 5.10 Å². The third kappa shape index (κ3) is 12.9. The molecule has 0 spiro atoms. The van der Waals surface area contributed by atoms with Gasteiger partial charge in [-0.25, -0.2) is 4.98 Å². The zero-order valence-corrected chi connectivity index (χ0v) is 30.7. The molecule has 0 saturated heterocycles. The minimum Gasteiger partial charge on any atom is -0.478 e. The average molecular weight is 737 g/mol. The lowest BCUT2D eigenvalue weighted by Gasteiger charge is -2.08. The van der Waals surface area contributed by atoms with E-state index in [4.69, 9.17) is 15.9 Å². The van der Waals surface area contributed by atoms with Gasteiger partial charge in [-0.15, -0.1) is 6.42 Å². The van der Waals surface area contributed by atoms with Crippen molar-refractivity contribution in [1.29, 1.82) is 0 Å². The molecule has 0 bridgehead atoms. The Morgan fingerprint density at radius 3 is 1.90 bits per heavy atom. The SMILES string of the molecule is C#CC#CC#CC#CC#CC#CC#CC#CC#CC.CSc1nc2c(-c3c(C)nn(C)c3C)cc(-c3c(C)noc3C)cc2[nH]1.NN=NN[N+](=O)[S-].[HH].[HH].[HH].[HH].[HH].[HH].[HH].[HH]. The van der Waals surface area contributed by atoms with Gasteiger partial charge in [-0.1, -0.05) is 32.0 Å². The van der Waals surface area contributed by atoms with Crippen molar-refractivity contribution in [2.75, 3.05) is 6.26 Å². The largest absolute Gasteiger partial charge is 0.478 e. The van der Waals surface area contributed by atoms with Crippen molar-refractivity contribution < 1.29 is 20.2 Å². The number of H-pyrrole nitrogens is 1. The molecule has 14 heteroatoms. The lowest BCUT2D eigenvalue weighted by molar-refractivity contribution is -0.444. The molecule has 4 aromatic rings. The number of benzene rings is 1. The topological polar surface area (TPSA) is 155 Å². The van der Waals surface area contributed by atoms with Crippen LogP contribution in [-0.4, -0.2) is 35.4 Å². The van der Waals surface area contributed by atoms with Crippen LogP contribution in [0.5, 0.6) is 0 Å². The van der Waals surface area contributed by atoms with Crippen LogP contribution in [0.15, 0.2) is 32.3 Å². The third-order valence-electron chi connectivity index (χ3n) is 6.11. The summed E-state index contributed by atoms with van der Waals surface area (Å²) in [6.45, 7) is 9.74. The van der Waals surface area contributed by atoms with E-state index in [-0.39, 0.29) is 15.7 Å². The molecule has 3 heterocycles. The van der Waals surface area contributed by atoms with Crippen LogP contribution in [0.4, 0.5) is 0 Å². The van der Waals surface area contributed by atoms with Gasteiger partial charge in [0.2, 0.25) is 0 Å². The second-order valence-corrected chi connectivity index (χ2v) is 10.5. The van der Waals surface area contributed by atoms with Gasteiger partial charge < -0.3 is 22.3 Å². The Balaban J connectivity index is -0.000000149. The van der Waals surface area contributed by atoms with E-state index in [1.54, 1.807) is 24.2 Å². The molecule has 0 amide bonds. The summed E-state index contributed by atoms with van der Waals surface area (Å²) in [4.78, 5) is 17.8. The van der Waals surface area contributed by atoms with Crippen LogP contribution in [0.2, 0.25) is 0 Å². The molecule has 0 saturated carbocycles. The fourth-order valence-corrected chi connectivity index (χ4v) is 4.58. The number of nitrogens with zero attached hydrogens (tertiary/aromatic N) is 7. The molecule has 270 valence electrons. The molecule has 0 aliphatic rings. The normalized spacial score (nSPS) is 8.42. The molecule has 0 unspecified atom stereocenters. The number of fused-ring (bicyclic) bond motifs is 1. The average Bonchev–Trinajstić information content (AvgIpc) is 3.78. The summed E-state index contributed by atoms with van der Waals surface area (Å²) in [5, 5.41) is 15.1. The fraction of sp³-hybridized carbons (Fsp3) is 0.184. The van der Waals surface area contributed by atoms with Crippen LogP contribution in [0.1, 0.15) is 41.2 Å². The van der Waals surface area contributed by atoms with Gasteiger partial charge in [0, 0.05) is 40.8 Å². The molecule has 4 N–H and O–H groups in total. The predicted octanol–water partition coefficient (Wildman–Crippen LogP) is 6.18. The van der Waals surface area contributed by atoms with Crippen LogP contribution in [0.3, 0.4) is 0 Å². The Morgan fingerprint density at radius 2 is 1.50 bits per heavy atom. The summed E-state index contributed by atoms with van der Waals surface area (Å²) in [5.74, 6) is 47.2. The molecule has 12 nitrogen and oxygen atoms in total. The number of nitroso groups, excluding NO2 is 1. The van der Waals surface area contributed by atoms with Crippen molar-refractivity contribution in [3.63, 3.8) is 0 Å². The Bertz CT molecular complexity index is 2580. The summed E-state index contributed by atoms with van der Waals surface area (Å²) in [6, 6.07) is 4.30. The Hall–Kier alpha value is -7.48. The second-order valence-electron chi connectivity index (χ2n) is 9.38. The summed E-state index contributed by atoms with van der Waals surface area (Å²) >= 11 is 5.50. The number of hydrogen-bond acceptors (Lipinski definition) is 9. The first-order valence-electron chi connectivity index (χ1n) is 14.5. The summed E-state index contributed by atoms with van der Waals surface area (Å²) in [7, 11) is 1.97. The number of imidazole rings is 1. The van der Waals surface area contributed by atoms with Crippen molar-refractivity contribution in [2.24, 2.45) is 23.3 Å². The standard InChI is InChI=1S/C19H21N5OS.C19H4.H3N5OS.8H2/c1-9-16(11(3)24(5)22-9)14-7-13(17-10(2)23-25-12(17)4)8-15-18(14)21-19(20-15)26-6;1-3-5-7-9-11-13-15-17-19-18-16-14-12-10-8-6-4-2;1-2-3-4-5(6)7;;;;;;;;/h7-8H,1-6H3,(H,20,21);1H,2H3;(H2,1,3)(H,2,4,6,7);8*1H. The number of hydrazine groups is 1. The van der Waals surface area contributed by atoms with E-state index in [9.17, 15) is 4.91 Å². The van der Waals surface area contributed by atoms with E-state index < -0.39 is 0 Å². The van der Waals surface area contributed by atoms with Crippen LogP contribution in [-0.2, 0) is 19.9 Å². The summed E-state index contributed by atoms with van der Waals surface area (Å²) in [6.07, 6.45) is 6.91. The first kappa shape index (κ1) is 40.7. The molecule has 0 atom stereocenters. The molecule has 0 aliphatic carbocycles. The van der Waals surface area contributed by atoms with Crippen molar-refractivity contribution in [3.05, 3.63) is 39.9 Å². The van der Waals surface area contributed by atoms with Gasteiger partial charge in [-0.05, 0) is 159 Å². The predicted molar refractivity (Wildman–Crippen MR) is 221 cm³/mol. The molecule has 52 heavy (non-hydrogen) atoms. The number of rotatable bonds is 5. The summed E-state index contributed by atoms with van der Waals surface area (Å²) < 4.78 is 7.26. The molecule has 1 aromatic carbocycles. The number of nitrogens with one attached hydrogen (secondary N) is 2. The quantitative estimate of drug-likeness (QED) is 0.0414. The number of terminal acetylenes is 1. The van der Waals surface area contributed by atoms with Crippen LogP contribution in [0, 0.1) is 140 Å². The minimum absolute atomic E-state index is 0. The van der Waals surface area contributed by atoms with Gasteiger partial charge in [0.25, 0.3) is 0 Å². The van der Waals surface area contributed by atoms with Crippen molar-refractivity contribution in [1.82, 2.24) is 30.4 Å². The first-order chi connectivity index (χ1) is 25.1. The fourth-order valence-electron chi connectivity index (χ4n) is 4.15. The van der Waals surface area contributed by atoms with E-state index in [1.807, 2.05) is 38.8 Å². The van der Waals surface area contributed by atoms with E-state index in [0.717, 1.165) is 61.3 Å². The van der Waals surface area contributed by atoms with E-state index in [0.29, 0.717) is 0 Å². The lowest BCUT2D eigenvalue weighted by Crippen LogP contribution is -2.13. The Kier molecular flexibility index (Phi) is 17.4. The highest BCUT2D eigenvalue weighted by Crippen LogP contribution is 2.38. The molecule has 3 aromatic heterocycles.